The van der Waals surface area contributed by atoms with Crippen molar-refractivity contribution in [2.75, 3.05) is 0 Å². The molecule has 0 aliphatic rings. The number of hydrogen-bond donors (Lipinski definition) is 1. The molecule has 296 valence electrons. The van der Waals surface area contributed by atoms with Gasteiger partial charge >= 0.3 is 5.97 Å². The molecule has 3 nitrogen and oxygen atoms in total. The predicted molar refractivity (Wildman–Crippen MR) is 222 cm³/mol. The molecule has 0 aliphatic heterocycles. The molecule has 0 heterocycles. The lowest BCUT2D eigenvalue weighted by Crippen LogP contribution is -2.31. The number of carbonyl (C=O) groups is 1. The Bertz CT molecular complexity index is 701. The first kappa shape index (κ1) is 48.9. The third kappa shape index (κ3) is 38.1. The monoisotopic (exact) mass is 703 g/mol. The van der Waals surface area contributed by atoms with E-state index in [4.69, 9.17) is 4.74 Å². The Morgan fingerprint density at radius 1 is 0.480 bits per heavy atom. The Hall–Kier alpha value is -1.09. The third-order valence-corrected chi connectivity index (χ3v) is 10.6. The van der Waals surface area contributed by atoms with Crippen molar-refractivity contribution in [3.63, 3.8) is 0 Å². The largest absolute Gasteiger partial charge is 0.460 e. The molecule has 0 aromatic heterocycles. The summed E-state index contributed by atoms with van der Waals surface area (Å²) in [6, 6.07) is 0. The van der Waals surface area contributed by atoms with Crippen molar-refractivity contribution in [2.45, 2.75) is 270 Å². The first-order valence-corrected chi connectivity index (χ1v) is 22.8. The van der Waals surface area contributed by atoms with Crippen LogP contribution in [0.4, 0.5) is 0 Å². The van der Waals surface area contributed by atoms with Gasteiger partial charge in [0.25, 0.3) is 0 Å². The normalized spacial score (nSPS) is 12.9. The highest BCUT2D eigenvalue weighted by molar-refractivity contribution is 5.69. The van der Waals surface area contributed by atoms with Gasteiger partial charge in [0.2, 0.25) is 0 Å². The summed E-state index contributed by atoms with van der Waals surface area (Å²) >= 11 is 0. The van der Waals surface area contributed by atoms with Gasteiger partial charge in [-0.05, 0) is 64.2 Å². The maximum absolute atomic E-state index is 12.8. The van der Waals surface area contributed by atoms with Gasteiger partial charge in [-0.2, -0.15) is 0 Å². The van der Waals surface area contributed by atoms with Crippen molar-refractivity contribution in [1.29, 1.82) is 0 Å². The Balaban J connectivity index is 4.00. The van der Waals surface area contributed by atoms with Crippen molar-refractivity contribution in [3.05, 3.63) is 24.8 Å². The van der Waals surface area contributed by atoms with Crippen LogP contribution in [-0.4, -0.2) is 23.3 Å². The second-order valence-electron chi connectivity index (χ2n) is 15.7. The average Bonchev–Trinajstić information content (AvgIpc) is 3.12. The number of allylic oxidation sites excluding steroid dienone is 3. The number of carbonyl (C=O) groups excluding carboxylic acids is 1. The Morgan fingerprint density at radius 3 is 1.24 bits per heavy atom. The molecule has 2 unspecified atom stereocenters. The summed E-state index contributed by atoms with van der Waals surface area (Å²) in [5, 5.41) is 11.0. The molecule has 0 radical (unpaired) electrons. The van der Waals surface area contributed by atoms with E-state index in [-0.39, 0.29) is 12.1 Å². The van der Waals surface area contributed by atoms with Gasteiger partial charge in [-0.15, -0.1) is 6.58 Å². The summed E-state index contributed by atoms with van der Waals surface area (Å²) in [6.07, 6.45) is 52.9. The second kappa shape index (κ2) is 42.3. The first-order valence-electron chi connectivity index (χ1n) is 22.8. The molecule has 50 heavy (non-hydrogen) atoms. The minimum Gasteiger partial charge on any atom is -0.460 e. The van der Waals surface area contributed by atoms with Gasteiger partial charge in [-0.1, -0.05) is 205 Å². The van der Waals surface area contributed by atoms with Crippen LogP contribution in [0, 0.1) is 0 Å². The van der Waals surface area contributed by atoms with Crippen LogP contribution >= 0.6 is 0 Å². The van der Waals surface area contributed by atoms with E-state index in [9.17, 15) is 9.90 Å². The Morgan fingerprint density at radius 2 is 0.820 bits per heavy atom. The summed E-state index contributed by atoms with van der Waals surface area (Å²) in [5.74, 6) is -0.100. The fraction of sp³-hybridized carbons (Fsp3) is 0.894. The predicted octanol–water partition coefficient (Wildman–Crippen LogP) is 15.9. The van der Waals surface area contributed by atoms with Crippen molar-refractivity contribution in [2.24, 2.45) is 0 Å². The van der Waals surface area contributed by atoms with Gasteiger partial charge in [0.15, 0.2) is 0 Å². The molecule has 0 spiro atoms. The second-order valence-corrected chi connectivity index (χ2v) is 15.7. The molecule has 0 aromatic carbocycles. The Labute approximate surface area is 314 Å². The smallest absolute Gasteiger partial charge is 0.306 e. The van der Waals surface area contributed by atoms with Gasteiger partial charge in [-0.25, -0.2) is 0 Å². The molecule has 0 amide bonds. The van der Waals surface area contributed by atoms with Crippen LogP contribution < -0.4 is 0 Å². The third-order valence-electron chi connectivity index (χ3n) is 10.6. The fourth-order valence-corrected chi connectivity index (χ4v) is 7.15. The number of aliphatic hydroxyl groups is 1. The van der Waals surface area contributed by atoms with Crippen LogP contribution in [0.25, 0.3) is 0 Å². The summed E-state index contributed by atoms with van der Waals surface area (Å²) in [4.78, 5) is 12.8. The van der Waals surface area contributed by atoms with E-state index in [0.29, 0.717) is 6.42 Å². The molecule has 2 atom stereocenters. The van der Waals surface area contributed by atoms with E-state index in [1.807, 2.05) is 6.08 Å². The van der Waals surface area contributed by atoms with E-state index < -0.39 is 6.10 Å². The van der Waals surface area contributed by atoms with Crippen molar-refractivity contribution in [1.82, 2.24) is 0 Å². The quantitative estimate of drug-likeness (QED) is 0.0391. The molecular formula is C47H90O3. The minimum atomic E-state index is -0.518. The lowest BCUT2D eigenvalue weighted by molar-refractivity contribution is -0.156. The highest BCUT2D eigenvalue weighted by Gasteiger charge is 2.22. The van der Waals surface area contributed by atoms with E-state index in [1.165, 1.54) is 199 Å². The van der Waals surface area contributed by atoms with Crippen LogP contribution in [0.3, 0.4) is 0 Å². The molecule has 0 aliphatic carbocycles. The Kier molecular flexibility index (Phi) is 41.4. The molecule has 1 N–H and O–H groups in total. The first-order chi connectivity index (χ1) is 24.7. The molecule has 0 saturated heterocycles. The van der Waals surface area contributed by atoms with Crippen molar-refractivity contribution >= 4 is 5.97 Å². The van der Waals surface area contributed by atoms with Gasteiger partial charge in [0.05, 0.1) is 6.10 Å². The molecule has 3 heteroatoms. The van der Waals surface area contributed by atoms with Gasteiger partial charge in [0.1, 0.15) is 6.10 Å². The van der Waals surface area contributed by atoms with Gasteiger partial charge < -0.3 is 9.84 Å². The van der Waals surface area contributed by atoms with E-state index >= 15 is 0 Å². The highest BCUT2D eigenvalue weighted by Crippen LogP contribution is 2.20. The molecule has 0 fully saturated rings. The number of rotatable bonds is 42. The number of unbranched alkanes of at least 4 members (excludes halogenated alkanes) is 31. The van der Waals surface area contributed by atoms with Crippen molar-refractivity contribution in [3.8, 4) is 0 Å². The topological polar surface area (TPSA) is 46.5 Å². The van der Waals surface area contributed by atoms with Gasteiger partial charge in [-0.3, -0.25) is 4.79 Å². The molecular weight excluding hydrogens is 613 g/mol. The number of aliphatic hydroxyl groups excluding tert-OH is 1. The lowest BCUT2D eigenvalue weighted by atomic mass is 9.99. The van der Waals surface area contributed by atoms with E-state index in [1.54, 1.807) is 0 Å². The van der Waals surface area contributed by atoms with Gasteiger partial charge in [0, 0.05) is 6.42 Å². The summed E-state index contributed by atoms with van der Waals surface area (Å²) < 4.78 is 5.94. The highest BCUT2D eigenvalue weighted by atomic mass is 16.6. The fourth-order valence-electron chi connectivity index (χ4n) is 7.15. The SMILES string of the molecule is C=CCCCCCCCCCCCCCCCCCC(O)C(CCCCCCCC)OC(=O)CCCCCCC/C=C\CCCCCCCC. The lowest BCUT2D eigenvalue weighted by Gasteiger charge is -2.23. The zero-order valence-corrected chi connectivity index (χ0v) is 34.2. The van der Waals surface area contributed by atoms with Crippen molar-refractivity contribution < 1.29 is 14.6 Å². The van der Waals surface area contributed by atoms with E-state index in [2.05, 4.69) is 32.6 Å². The van der Waals surface area contributed by atoms with E-state index in [0.717, 1.165) is 38.5 Å². The zero-order valence-electron chi connectivity index (χ0n) is 34.2. The average molecular weight is 703 g/mol. The van der Waals surface area contributed by atoms with Crippen LogP contribution in [0.5, 0.6) is 0 Å². The standard InChI is InChI=1S/C47H90O3/c1-4-7-10-13-16-18-20-22-24-25-27-28-30-32-34-36-39-42-45(48)46(43-40-37-15-12-9-6-3)50-47(49)44-41-38-35-33-31-29-26-23-21-19-17-14-11-8-5-2/h4,23,26,45-46,48H,1,5-22,24-25,27-44H2,2-3H3/b26-23-. The van der Waals surface area contributed by atoms with Crippen LogP contribution in [0.2, 0.25) is 0 Å². The minimum absolute atomic E-state index is 0.100. The van der Waals surface area contributed by atoms with Crippen LogP contribution in [0.15, 0.2) is 24.8 Å². The van der Waals surface area contributed by atoms with Crippen LogP contribution in [0.1, 0.15) is 258 Å². The number of esters is 1. The number of hydrogen-bond acceptors (Lipinski definition) is 3. The molecule has 0 rings (SSSR count). The molecule has 0 bridgehead atoms. The maximum atomic E-state index is 12.8. The zero-order chi connectivity index (χ0) is 36.4. The summed E-state index contributed by atoms with van der Waals surface area (Å²) in [7, 11) is 0. The van der Waals surface area contributed by atoms with Crippen LogP contribution in [-0.2, 0) is 9.53 Å². The summed E-state index contributed by atoms with van der Waals surface area (Å²) in [6.45, 7) is 8.33. The summed E-state index contributed by atoms with van der Waals surface area (Å²) in [5.41, 5.74) is 0. The maximum Gasteiger partial charge on any atom is 0.306 e. The number of ether oxygens (including phenoxy) is 1. The molecule has 0 saturated carbocycles. The molecule has 0 aromatic rings.